The summed E-state index contributed by atoms with van der Waals surface area (Å²) in [7, 11) is 0. The van der Waals surface area contributed by atoms with Crippen molar-refractivity contribution in [2.45, 2.75) is 19.9 Å². The van der Waals surface area contributed by atoms with E-state index in [1.165, 1.54) is 11.0 Å². The molecule has 0 radical (unpaired) electrons. The molecule has 0 atom stereocenters. The first-order valence-electron chi connectivity index (χ1n) is 10.3. The van der Waals surface area contributed by atoms with Crippen molar-refractivity contribution in [3.63, 3.8) is 0 Å². The van der Waals surface area contributed by atoms with E-state index in [1.54, 1.807) is 60.7 Å². The third-order valence-electron chi connectivity index (χ3n) is 4.92. The molecule has 0 unspecified atom stereocenters. The zero-order chi connectivity index (χ0) is 23.8. The monoisotopic (exact) mass is 487 g/mol. The standard InChI is InChI=1S/C24H23Cl2N3O4/c1-2-33-21-11-9-20(10-12-21)27-24(30)28(14-13-17-7-8-19(25)15-22(17)26)16-18-5-3-4-6-23(18)29(31)32/h3-12,15H,2,13-14,16H2,1H3,(H,27,30). The largest absolute Gasteiger partial charge is 0.494 e. The minimum atomic E-state index is -0.450. The average molecular weight is 488 g/mol. The molecule has 0 aromatic heterocycles. The number of nitrogens with zero attached hydrogens (tertiary/aromatic N) is 2. The van der Waals surface area contributed by atoms with E-state index < -0.39 is 4.92 Å². The quantitative estimate of drug-likeness (QED) is 0.273. The maximum atomic E-state index is 13.1. The minimum absolute atomic E-state index is 0.0408. The van der Waals surface area contributed by atoms with Gasteiger partial charge in [0.2, 0.25) is 0 Å². The fraction of sp³-hybridized carbons (Fsp3) is 0.208. The molecular weight excluding hydrogens is 465 g/mol. The van der Waals surface area contributed by atoms with Gasteiger partial charge < -0.3 is 15.0 Å². The van der Waals surface area contributed by atoms with Gasteiger partial charge in [-0.2, -0.15) is 0 Å². The number of carbonyl (C=O) groups is 1. The molecule has 33 heavy (non-hydrogen) atoms. The Hall–Kier alpha value is -3.29. The number of ether oxygens (including phenoxy) is 1. The van der Waals surface area contributed by atoms with Crippen molar-refractivity contribution in [2.24, 2.45) is 0 Å². The van der Waals surface area contributed by atoms with E-state index in [4.69, 9.17) is 27.9 Å². The lowest BCUT2D eigenvalue weighted by atomic mass is 10.1. The third kappa shape index (κ3) is 6.84. The molecule has 0 aliphatic rings. The Kier molecular flexibility index (Phi) is 8.52. The van der Waals surface area contributed by atoms with E-state index in [-0.39, 0.29) is 24.8 Å². The molecule has 0 fully saturated rings. The Labute approximate surface area is 202 Å². The van der Waals surface area contributed by atoms with Crippen LogP contribution in [0.15, 0.2) is 66.7 Å². The molecule has 1 N–H and O–H groups in total. The van der Waals surface area contributed by atoms with Crippen molar-refractivity contribution < 1.29 is 14.5 Å². The SMILES string of the molecule is CCOc1ccc(NC(=O)N(CCc2ccc(Cl)cc2Cl)Cc2ccccc2[N+](=O)[O-])cc1. The summed E-state index contributed by atoms with van der Waals surface area (Å²) in [6.45, 7) is 2.79. The molecule has 0 aliphatic heterocycles. The Morgan fingerprint density at radius 3 is 2.45 bits per heavy atom. The van der Waals surface area contributed by atoms with Crippen LogP contribution in [-0.4, -0.2) is 29.0 Å². The van der Waals surface area contributed by atoms with Crippen molar-refractivity contribution in [3.05, 3.63) is 98.0 Å². The van der Waals surface area contributed by atoms with Crippen molar-refractivity contribution in [3.8, 4) is 5.75 Å². The van der Waals surface area contributed by atoms with Gasteiger partial charge >= 0.3 is 6.03 Å². The van der Waals surface area contributed by atoms with Crippen molar-refractivity contribution >= 4 is 40.6 Å². The highest BCUT2D eigenvalue weighted by Gasteiger charge is 2.20. The molecular formula is C24H23Cl2N3O4. The van der Waals surface area contributed by atoms with Crippen LogP contribution in [0.3, 0.4) is 0 Å². The summed E-state index contributed by atoms with van der Waals surface area (Å²) in [6, 6.07) is 18.2. The Bertz CT molecular complexity index is 1120. The third-order valence-corrected chi connectivity index (χ3v) is 5.51. The number of nitro groups is 1. The second kappa shape index (κ2) is 11.5. The molecule has 7 nitrogen and oxygen atoms in total. The molecule has 0 bridgehead atoms. The smallest absolute Gasteiger partial charge is 0.322 e. The number of halogens is 2. The first-order chi connectivity index (χ1) is 15.9. The van der Waals surface area contributed by atoms with E-state index in [0.717, 1.165) is 5.56 Å². The Balaban J connectivity index is 1.80. The van der Waals surface area contributed by atoms with E-state index in [0.29, 0.717) is 40.1 Å². The van der Waals surface area contributed by atoms with E-state index in [2.05, 4.69) is 5.32 Å². The Morgan fingerprint density at radius 1 is 1.06 bits per heavy atom. The first-order valence-corrected chi connectivity index (χ1v) is 11.1. The minimum Gasteiger partial charge on any atom is -0.494 e. The molecule has 0 saturated carbocycles. The zero-order valence-electron chi connectivity index (χ0n) is 18.0. The van der Waals surface area contributed by atoms with Crippen LogP contribution in [-0.2, 0) is 13.0 Å². The van der Waals surface area contributed by atoms with Gasteiger partial charge in [-0.1, -0.05) is 47.5 Å². The van der Waals surface area contributed by atoms with Gasteiger partial charge in [0.15, 0.2) is 0 Å². The number of anilines is 1. The fourth-order valence-corrected chi connectivity index (χ4v) is 3.77. The molecule has 0 heterocycles. The maximum Gasteiger partial charge on any atom is 0.322 e. The van der Waals surface area contributed by atoms with Crippen LogP contribution in [0, 0.1) is 10.1 Å². The van der Waals surface area contributed by atoms with Crippen LogP contribution >= 0.6 is 23.2 Å². The number of hydrogen-bond acceptors (Lipinski definition) is 4. The van der Waals surface area contributed by atoms with Crippen molar-refractivity contribution in [1.82, 2.24) is 4.90 Å². The average Bonchev–Trinajstić information content (AvgIpc) is 2.79. The number of benzene rings is 3. The number of urea groups is 1. The van der Waals surface area contributed by atoms with Gasteiger partial charge in [-0.25, -0.2) is 4.79 Å². The zero-order valence-corrected chi connectivity index (χ0v) is 19.5. The van der Waals surface area contributed by atoms with Gasteiger partial charge in [0.05, 0.1) is 18.1 Å². The highest BCUT2D eigenvalue weighted by Crippen LogP contribution is 2.24. The molecule has 0 aliphatic carbocycles. The number of amides is 2. The lowest BCUT2D eigenvalue weighted by Gasteiger charge is -2.23. The van der Waals surface area contributed by atoms with Crippen LogP contribution in [0.4, 0.5) is 16.2 Å². The van der Waals surface area contributed by atoms with Crippen LogP contribution in [0.5, 0.6) is 5.75 Å². The van der Waals surface area contributed by atoms with Crippen molar-refractivity contribution in [1.29, 1.82) is 0 Å². The van der Waals surface area contributed by atoms with E-state index in [1.807, 2.05) is 6.92 Å². The van der Waals surface area contributed by atoms with Gasteiger partial charge in [0.25, 0.3) is 5.69 Å². The number of rotatable bonds is 9. The fourth-order valence-electron chi connectivity index (χ4n) is 3.26. The van der Waals surface area contributed by atoms with Crippen LogP contribution in [0.2, 0.25) is 10.0 Å². The summed E-state index contributed by atoms with van der Waals surface area (Å²) in [5.41, 5.74) is 1.80. The number of carbonyl (C=O) groups excluding carboxylic acids is 1. The summed E-state index contributed by atoms with van der Waals surface area (Å²) in [5, 5.41) is 15.3. The molecule has 3 aromatic rings. The lowest BCUT2D eigenvalue weighted by Crippen LogP contribution is -2.36. The van der Waals surface area contributed by atoms with E-state index in [9.17, 15) is 14.9 Å². The number of para-hydroxylation sites is 1. The lowest BCUT2D eigenvalue weighted by molar-refractivity contribution is -0.385. The topological polar surface area (TPSA) is 84.7 Å². The van der Waals surface area contributed by atoms with Crippen LogP contribution in [0.25, 0.3) is 0 Å². The number of nitrogens with one attached hydrogen (secondary N) is 1. The maximum absolute atomic E-state index is 13.1. The number of nitro benzene ring substituents is 1. The molecule has 0 saturated heterocycles. The van der Waals surface area contributed by atoms with Gasteiger partial charge in [-0.15, -0.1) is 0 Å². The molecule has 0 spiro atoms. The predicted octanol–water partition coefficient (Wildman–Crippen LogP) is 6.58. The van der Waals surface area contributed by atoms with Gasteiger partial charge in [0, 0.05) is 33.9 Å². The summed E-state index contributed by atoms with van der Waals surface area (Å²) in [4.78, 5) is 25.6. The van der Waals surface area contributed by atoms with Crippen LogP contribution in [0.1, 0.15) is 18.1 Å². The molecule has 3 aromatic carbocycles. The molecule has 172 valence electrons. The summed E-state index contributed by atoms with van der Waals surface area (Å²) < 4.78 is 5.43. The summed E-state index contributed by atoms with van der Waals surface area (Å²) >= 11 is 12.3. The Morgan fingerprint density at radius 2 is 1.79 bits per heavy atom. The van der Waals surface area contributed by atoms with Gasteiger partial charge in [-0.05, 0) is 55.3 Å². The van der Waals surface area contributed by atoms with Crippen LogP contribution < -0.4 is 10.1 Å². The summed E-state index contributed by atoms with van der Waals surface area (Å²) in [6.07, 6.45) is 0.452. The first kappa shape index (κ1) is 24.4. The molecule has 3 rings (SSSR count). The normalized spacial score (nSPS) is 10.5. The van der Waals surface area contributed by atoms with E-state index >= 15 is 0 Å². The highest BCUT2D eigenvalue weighted by molar-refractivity contribution is 6.35. The number of hydrogen-bond donors (Lipinski definition) is 1. The van der Waals surface area contributed by atoms with Crippen molar-refractivity contribution in [2.75, 3.05) is 18.5 Å². The second-order valence-electron chi connectivity index (χ2n) is 7.18. The molecule has 9 heteroatoms. The second-order valence-corrected chi connectivity index (χ2v) is 8.02. The highest BCUT2D eigenvalue weighted by atomic mass is 35.5. The summed E-state index contributed by atoms with van der Waals surface area (Å²) in [5.74, 6) is 0.699. The molecule has 2 amide bonds. The van der Waals surface area contributed by atoms with Gasteiger partial charge in [0.1, 0.15) is 5.75 Å². The van der Waals surface area contributed by atoms with Gasteiger partial charge in [-0.3, -0.25) is 10.1 Å². The predicted molar refractivity (Wildman–Crippen MR) is 130 cm³/mol.